The number of hydrogen-bond acceptors (Lipinski definition) is 6. The first-order valence-corrected chi connectivity index (χ1v) is 15.0. The molecule has 0 spiro atoms. The number of ether oxygens (including phenoxy) is 2. The van der Waals surface area contributed by atoms with Crippen molar-refractivity contribution in [3.63, 3.8) is 0 Å². The van der Waals surface area contributed by atoms with Crippen LogP contribution in [0.1, 0.15) is 66.8 Å². The summed E-state index contributed by atoms with van der Waals surface area (Å²) in [6, 6.07) is 13.3. The van der Waals surface area contributed by atoms with E-state index in [4.69, 9.17) is 9.47 Å². The molecule has 5 rings (SSSR count). The van der Waals surface area contributed by atoms with Crippen molar-refractivity contribution in [3.8, 4) is 17.0 Å². The van der Waals surface area contributed by atoms with E-state index in [-0.39, 0.29) is 11.5 Å². The number of esters is 1. The minimum Gasteiger partial charge on any atom is -0.497 e. The number of benzene rings is 2. The molecule has 0 atom stereocenters. The number of carbonyl (C=O) groups is 2. The third-order valence-electron chi connectivity index (χ3n) is 7.95. The van der Waals surface area contributed by atoms with Gasteiger partial charge in [0.2, 0.25) is 10.0 Å². The Kier molecular flexibility index (Phi) is 6.98. The van der Waals surface area contributed by atoms with Gasteiger partial charge in [-0.1, -0.05) is 25.3 Å². The lowest BCUT2D eigenvalue weighted by Gasteiger charge is -2.24. The Labute approximate surface area is 223 Å². The summed E-state index contributed by atoms with van der Waals surface area (Å²) >= 11 is 0. The van der Waals surface area contributed by atoms with E-state index in [0.29, 0.717) is 12.5 Å². The van der Waals surface area contributed by atoms with Crippen LogP contribution in [0.2, 0.25) is 0 Å². The zero-order chi connectivity index (χ0) is 27.1. The van der Waals surface area contributed by atoms with Crippen LogP contribution < -0.4 is 9.46 Å². The number of hydrogen-bond donors (Lipinski definition) is 1. The van der Waals surface area contributed by atoms with Crippen molar-refractivity contribution in [1.29, 1.82) is 0 Å². The van der Waals surface area contributed by atoms with Crippen molar-refractivity contribution >= 4 is 32.8 Å². The fourth-order valence-electron chi connectivity index (χ4n) is 5.87. The maximum absolute atomic E-state index is 12.8. The number of aromatic nitrogens is 1. The van der Waals surface area contributed by atoms with E-state index in [1.54, 1.807) is 19.2 Å². The van der Waals surface area contributed by atoms with Crippen molar-refractivity contribution in [2.45, 2.75) is 57.4 Å². The molecular weight excluding hydrogens is 504 g/mol. The Bertz CT molecular complexity index is 1480. The minimum atomic E-state index is -3.72. The molecule has 1 heterocycles. The highest BCUT2D eigenvalue weighted by atomic mass is 32.2. The maximum atomic E-state index is 12.8. The van der Waals surface area contributed by atoms with Gasteiger partial charge >= 0.3 is 5.97 Å². The lowest BCUT2D eigenvalue weighted by atomic mass is 9.81. The molecule has 0 saturated heterocycles. The molecule has 2 aliphatic carbocycles. The van der Waals surface area contributed by atoms with Gasteiger partial charge in [-0.3, -0.25) is 9.59 Å². The van der Waals surface area contributed by atoms with Gasteiger partial charge in [0.15, 0.2) is 0 Å². The molecule has 9 heteroatoms. The van der Waals surface area contributed by atoms with Crippen molar-refractivity contribution < 1.29 is 27.5 Å². The molecule has 38 heavy (non-hydrogen) atoms. The normalized spacial score (nSPS) is 17.2. The van der Waals surface area contributed by atoms with Crippen LogP contribution in [0.25, 0.3) is 22.2 Å². The highest BCUT2D eigenvalue weighted by Crippen LogP contribution is 2.51. The van der Waals surface area contributed by atoms with Gasteiger partial charge in [-0.05, 0) is 79.1 Å². The molecule has 0 aliphatic heterocycles. The average Bonchev–Trinajstić information content (AvgIpc) is 3.63. The molecule has 8 nitrogen and oxygen atoms in total. The molecule has 0 radical (unpaired) electrons. The Morgan fingerprint density at radius 1 is 1.03 bits per heavy atom. The molecule has 2 fully saturated rings. The van der Waals surface area contributed by atoms with E-state index in [1.165, 1.54) is 19.1 Å². The van der Waals surface area contributed by atoms with Crippen LogP contribution in [-0.2, 0) is 26.1 Å². The number of carbonyl (C=O) groups excluding carboxylic acids is 2. The van der Waals surface area contributed by atoms with E-state index >= 15 is 0 Å². The fraction of sp³-hybridized carbons (Fsp3) is 0.448. The Morgan fingerprint density at radius 3 is 2.29 bits per heavy atom. The molecule has 0 bridgehead atoms. The van der Waals surface area contributed by atoms with E-state index in [2.05, 4.69) is 9.29 Å². The number of nitrogens with one attached hydrogen (secondary N) is 1. The molecule has 2 aromatic carbocycles. The molecular formula is C29H34N2O6S. The van der Waals surface area contributed by atoms with Crippen molar-refractivity contribution in [2.75, 3.05) is 20.5 Å². The van der Waals surface area contributed by atoms with Crippen molar-refractivity contribution in [1.82, 2.24) is 9.29 Å². The highest BCUT2D eigenvalue weighted by Gasteiger charge is 2.52. The third-order valence-corrected chi connectivity index (χ3v) is 8.51. The summed E-state index contributed by atoms with van der Waals surface area (Å²) in [5, 5.41) is 1.03. The summed E-state index contributed by atoms with van der Waals surface area (Å²) in [5.74, 6) is 0.184. The van der Waals surface area contributed by atoms with Gasteiger partial charge in [0, 0.05) is 23.0 Å². The van der Waals surface area contributed by atoms with Crippen LogP contribution in [0.3, 0.4) is 0 Å². The van der Waals surface area contributed by atoms with Crippen LogP contribution in [0.15, 0.2) is 42.5 Å². The summed E-state index contributed by atoms with van der Waals surface area (Å²) in [6.07, 6.45) is 8.08. The summed E-state index contributed by atoms with van der Waals surface area (Å²) in [6.45, 7) is 0.418. The van der Waals surface area contributed by atoms with Crippen LogP contribution in [0, 0.1) is 5.41 Å². The van der Waals surface area contributed by atoms with E-state index < -0.39 is 21.3 Å². The molecule has 3 aromatic rings. The molecule has 1 N–H and O–H groups in total. The largest absolute Gasteiger partial charge is 0.497 e. The van der Waals surface area contributed by atoms with Crippen LogP contribution in [0.4, 0.5) is 0 Å². The molecule has 2 saturated carbocycles. The Hall–Kier alpha value is -3.33. The summed E-state index contributed by atoms with van der Waals surface area (Å²) in [5.41, 5.74) is 3.71. The van der Waals surface area contributed by atoms with E-state index in [0.717, 1.165) is 72.7 Å². The first-order valence-electron chi connectivity index (χ1n) is 13.1. The molecule has 1 amide bonds. The van der Waals surface area contributed by atoms with Gasteiger partial charge in [0.05, 0.1) is 31.6 Å². The average molecular weight is 539 g/mol. The van der Waals surface area contributed by atoms with Gasteiger partial charge in [0.25, 0.3) is 5.91 Å². The highest BCUT2D eigenvalue weighted by molar-refractivity contribution is 7.89. The van der Waals surface area contributed by atoms with E-state index in [1.807, 2.05) is 30.3 Å². The lowest BCUT2D eigenvalue weighted by molar-refractivity contribution is -0.147. The number of sulfonamides is 1. The second-order valence-electron chi connectivity index (χ2n) is 10.6. The molecule has 202 valence electrons. The van der Waals surface area contributed by atoms with Gasteiger partial charge in [-0.2, -0.15) is 0 Å². The van der Waals surface area contributed by atoms with Crippen molar-refractivity contribution in [2.24, 2.45) is 5.41 Å². The molecule has 1 aromatic heterocycles. The van der Waals surface area contributed by atoms with Gasteiger partial charge in [-0.25, -0.2) is 13.1 Å². The molecule has 2 aliphatic rings. The number of fused-ring (bicyclic) bond motifs is 1. The smallest absolute Gasteiger partial charge is 0.313 e. The molecule has 0 unspecified atom stereocenters. The van der Waals surface area contributed by atoms with Crippen LogP contribution >= 0.6 is 0 Å². The maximum Gasteiger partial charge on any atom is 0.313 e. The number of rotatable bonds is 8. The standard InChI is InChI=1S/C29H34N2O6S/c1-36-22-12-9-20(10-13-22)26-25(19-7-5-4-6-8-19)23-14-11-21(27(32)30-38(3,34)35)17-24(23)31(26)18-29(15-16-29)28(33)37-2/h9-14,17,19H,4-8,15-16,18H2,1-3H3,(H,30,32). The number of nitrogens with zero attached hydrogens (tertiary/aromatic N) is 1. The first kappa shape index (κ1) is 26.3. The third kappa shape index (κ3) is 5.04. The summed E-state index contributed by atoms with van der Waals surface area (Å²) in [7, 11) is -0.664. The lowest BCUT2D eigenvalue weighted by Crippen LogP contribution is -2.29. The zero-order valence-electron chi connectivity index (χ0n) is 22.1. The first-order chi connectivity index (χ1) is 18.2. The zero-order valence-corrected chi connectivity index (χ0v) is 22.9. The van der Waals surface area contributed by atoms with Gasteiger partial charge < -0.3 is 14.0 Å². The Morgan fingerprint density at radius 2 is 1.71 bits per heavy atom. The predicted octanol–water partition coefficient (Wildman–Crippen LogP) is 5.01. The second-order valence-corrected chi connectivity index (χ2v) is 12.4. The SMILES string of the molecule is COC(=O)C1(Cn2c(-c3ccc(OC)cc3)c(C3CCCCC3)c3ccc(C(=O)NS(C)(=O)=O)cc32)CC1. The van der Waals surface area contributed by atoms with Gasteiger partial charge in [0.1, 0.15) is 5.75 Å². The predicted molar refractivity (Wildman–Crippen MR) is 146 cm³/mol. The van der Waals surface area contributed by atoms with Crippen LogP contribution in [0.5, 0.6) is 5.75 Å². The van der Waals surface area contributed by atoms with Gasteiger partial charge in [-0.15, -0.1) is 0 Å². The summed E-state index contributed by atoms with van der Waals surface area (Å²) in [4.78, 5) is 25.6. The topological polar surface area (TPSA) is 104 Å². The monoisotopic (exact) mass is 538 g/mol. The minimum absolute atomic E-state index is 0.231. The fourth-order valence-corrected chi connectivity index (χ4v) is 6.33. The Balaban J connectivity index is 1.76. The van der Waals surface area contributed by atoms with E-state index in [9.17, 15) is 18.0 Å². The van der Waals surface area contributed by atoms with Crippen molar-refractivity contribution in [3.05, 3.63) is 53.6 Å². The second kappa shape index (κ2) is 10.1. The number of methoxy groups -OCH3 is 2. The quantitative estimate of drug-likeness (QED) is 0.405. The summed E-state index contributed by atoms with van der Waals surface area (Å²) < 4.78 is 38.3. The number of amides is 1. The van der Waals surface area contributed by atoms with Crippen LogP contribution in [-0.4, -0.2) is 45.3 Å².